The Bertz CT molecular complexity index is 461. The van der Waals surface area contributed by atoms with Crippen molar-refractivity contribution in [3.63, 3.8) is 0 Å². The van der Waals surface area contributed by atoms with Crippen molar-refractivity contribution in [2.24, 2.45) is 0 Å². The first-order valence-electron chi connectivity index (χ1n) is 5.12. The highest BCUT2D eigenvalue weighted by Gasteiger charge is 2.90. The van der Waals surface area contributed by atoms with Gasteiger partial charge < -0.3 is 0 Å². The number of carbonyl (C=O) groups excluding carboxylic acids is 1. The van der Waals surface area contributed by atoms with E-state index >= 15 is 0 Å². The fourth-order valence-corrected chi connectivity index (χ4v) is 1.23. The Labute approximate surface area is 118 Å². The highest BCUT2D eigenvalue weighted by molar-refractivity contribution is 5.76. The molecule has 0 aliphatic carbocycles. The minimum Gasteiger partial charge on any atom is -0.300 e. The van der Waals surface area contributed by atoms with E-state index in [1.165, 1.54) is 0 Å². The number of hydrogen-bond donors (Lipinski definition) is 0. The third kappa shape index (κ3) is 3.07. The van der Waals surface area contributed by atoms with Crippen LogP contribution in [0.2, 0.25) is 0 Å². The van der Waals surface area contributed by atoms with Gasteiger partial charge in [0.1, 0.15) is 5.78 Å². The monoisotopic (exact) mass is 376 g/mol. The maximum absolute atomic E-state index is 12.9. The van der Waals surface area contributed by atoms with Crippen molar-refractivity contribution in [3.8, 4) is 0 Å². The topological polar surface area (TPSA) is 17.1 Å². The molecule has 0 amide bonds. The summed E-state index contributed by atoms with van der Waals surface area (Å²) in [6.45, 7) is 0.143. The summed E-state index contributed by atoms with van der Waals surface area (Å²) < 4.78 is 163. The molecule has 0 atom stereocenters. The van der Waals surface area contributed by atoms with Crippen molar-refractivity contribution in [1.82, 2.24) is 0 Å². The van der Waals surface area contributed by atoms with Gasteiger partial charge in [0.2, 0.25) is 0 Å². The lowest BCUT2D eigenvalue weighted by Crippen LogP contribution is -2.70. The second-order valence-electron chi connectivity index (χ2n) is 4.38. The van der Waals surface area contributed by atoms with Gasteiger partial charge in [-0.25, -0.2) is 0 Å². The molecule has 0 fully saturated rings. The van der Waals surface area contributed by atoms with Crippen molar-refractivity contribution in [1.29, 1.82) is 0 Å². The molecule has 0 aromatic carbocycles. The van der Waals surface area contributed by atoms with E-state index in [1.807, 2.05) is 0 Å². The Morgan fingerprint density at radius 2 is 0.913 bits per heavy atom. The molecule has 14 heteroatoms. The molecule has 0 saturated carbocycles. The van der Waals surface area contributed by atoms with E-state index in [0.29, 0.717) is 0 Å². The SMILES string of the molecule is CC(=O)CC(F)(F)C(F)(F)C(F)(F)C(F)(F)C(F)(F)C(F)(F)F. The predicted molar refractivity (Wildman–Crippen MR) is 46.1 cm³/mol. The lowest BCUT2D eigenvalue weighted by atomic mass is 9.92. The van der Waals surface area contributed by atoms with Crippen LogP contribution >= 0.6 is 0 Å². The molecule has 0 spiro atoms. The second-order valence-corrected chi connectivity index (χ2v) is 4.38. The maximum atomic E-state index is 12.9. The summed E-state index contributed by atoms with van der Waals surface area (Å²) in [6.07, 6.45) is -10.2. The summed E-state index contributed by atoms with van der Waals surface area (Å²) in [6, 6.07) is 0. The second kappa shape index (κ2) is 5.40. The molecule has 0 rings (SSSR count). The third-order valence-corrected chi connectivity index (χ3v) is 2.47. The third-order valence-electron chi connectivity index (χ3n) is 2.47. The molecule has 0 saturated heterocycles. The number of alkyl halides is 13. The van der Waals surface area contributed by atoms with Gasteiger partial charge in [0, 0.05) is 0 Å². The Kier molecular flexibility index (Phi) is 5.10. The molecule has 0 radical (unpaired) electrons. The number of rotatable bonds is 6. The number of carbonyl (C=O) groups is 1. The van der Waals surface area contributed by atoms with E-state index in [1.54, 1.807) is 0 Å². The zero-order chi connectivity index (χ0) is 19.3. The van der Waals surface area contributed by atoms with Crippen LogP contribution in [-0.4, -0.2) is 41.6 Å². The van der Waals surface area contributed by atoms with Crippen molar-refractivity contribution in [3.05, 3.63) is 0 Å². The molecule has 0 unspecified atom stereocenters. The first-order chi connectivity index (χ1) is 9.67. The van der Waals surface area contributed by atoms with Crippen LogP contribution in [0.1, 0.15) is 13.3 Å². The van der Waals surface area contributed by atoms with E-state index < -0.39 is 48.0 Å². The summed E-state index contributed by atoms with van der Waals surface area (Å²) in [4.78, 5) is 10.3. The molecule has 0 aromatic heterocycles. The zero-order valence-corrected chi connectivity index (χ0v) is 10.5. The minimum atomic E-state index is -7.93. The number of halogens is 13. The summed E-state index contributed by atoms with van der Waals surface area (Å²) in [5.74, 6) is -39.1. The summed E-state index contributed by atoms with van der Waals surface area (Å²) in [5, 5.41) is 0. The van der Waals surface area contributed by atoms with Gasteiger partial charge >= 0.3 is 35.8 Å². The van der Waals surface area contributed by atoms with E-state index in [4.69, 9.17) is 0 Å². The first-order valence-corrected chi connectivity index (χ1v) is 5.12. The quantitative estimate of drug-likeness (QED) is 0.614. The van der Waals surface area contributed by atoms with Crippen LogP contribution in [0, 0.1) is 0 Å². The molecule has 0 heterocycles. The number of ketones is 1. The highest BCUT2D eigenvalue weighted by atomic mass is 19.4. The molecule has 0 aliphatic heterocycles. The molecular formula is C9H5F13O. The fraction of sp³-hybridized carbons (Fsp3) is 0.889. The molecule has 0 aromatic rings. The van der Waals surface area contributed by atoms with Gasteiger partial charge in [0.15, 0.2) is 0 Å². The van der Waals surface area contributed by atoms with Crippen LogP contribution in [0.4, 0.5) is 57.1 Å². The van der Waals surface area contributed by atoms with Crippen LogP contribution < -0.4 is 0 Å². The summed E-state index contributed by atoms with van der Waals surface area (Å²) in [7, 11) is 0. The Morgan fingerprint density at radius 3 is 1.17 bits per heavy atom. The van der Waals surface area contributed by atoms with Crippen LogP contribution in [0.3, 0.4) is 0 Å². The molecule has 23 heavy (non-hydrogen) atoms. The van der Waals surface area contributed by atoms with Gasteiger partial charge in [0.25, 0.3) is 0 Å². The van der Waals surface area contributed by atoms with Crippen LogP contribution in [0.25, 0.3) is 0 Å². The molecule has 0 N–H and O–H groups in total. The van der Waals surface area contributed by atoms with Gasteiger partial charge in [-0.1, -0.05) is 0 Å². The molecule has 0 bridgehead atoms. The van der Waals surface area contributed by atoms with Crippen molar-refractivity contribution in [2.45, 2.75) is 49.1 Å². The van der Waals surface area contributed by atoms with Crippen LogP contribution in [0.5, 0.6) is 0 Å². The van der Waals surface area contributed by atoms with Gasteiger partial charge in [-0.3, -0.25) is 4.79 Å². The minimum absolute atomic E-state index is 0.143. The molecule has 138 valence electrons. The number of hydrogen-bond acceptors (Lipinski definition) is 1. The van der Waals surface area contributed by atoms with E-state index in [9.17, 15) is 61.9 Å². The Hall–Kier alpha value is -1.24. The Morgan fingerprint density at radius 1 is 0.609 bits per heavy atom. The van der Waals surface area contributed by atoms with Gasteiger partial charge in [-0.2, -0.15) is 57.1 Å². The van der Waals surface area contributed by atoms with E-state index in [2.05, 4.69) is 0 Å². The number of Topliss-reactive ketones (excluding diaryl/α,β-unsaturated/α-hetero) is 1. The molecule has 1 nitrogen and oxygen atoms in total. The van der Waals surface area contributed by atoms with Crippen molar-refractivity contribution < 1.29 is 61.9 Å². The normalized spacial score (nSPS) is 15.7. The van der Waals surface area contributed by atoms with Gasteiger partial charge in [0.05, 0.1) is 6.42 Å². The molecular weight excluding hydrogens is 371 g/mol. The van der Waals surface area contributed by atoms with Crippen molar-refractivity contribution in [2.75, 3.05) is 0 Å². The van der Waals surface area contributed by atoms with Gasteiger partial charge in [-0.15, -0.1) is 0 Å². The lowest BCUT2D eigenvalue weighted by molar-refractivity contribution is -0.439. The van der Waals surface area contributed by atoms with Crippen LogP contribution in [0.15, 0.2) is 0 Å². The fourth-order valence-electron chi connectivity index (χ4n) is 1.23. The summed E-state index contributed by atoms with van der Waals surface area (Å²) in [5.41, 5.74) is 0. The molecule has 0 aliphatic rings. The predicted octanol–water partition coefficient (Wildman–Crippen LogP) is 4.70. The average molecular weight is 376 g/mol. The van der Waals surface area contributed by atoms with E-state index in [0.717, 1.165) is 0 Å². The summed E-state index contributed by atoms with van der Waals surface area (Å²) >= 11 is 0. The van der Waals surface area contributed by atoms with Gasteiger partial charge in [-0.05, 0) is 6.92 Å². The smallest absolute Gasteiger partial charge is 0.300 e. The highest BCUT2D eigenvalue weighted by Crippen LogP contribution is 2.60. The standard InChI is InChI=1S/C9H5F13O/c1-3(23)2-4(10,11)5(12,13)6(14,15)7(16,17)8(18,19)9(20,21)22/h2H2,1H3. The average Bonchev–Trinajstić information content (AvgIpc) is 2.24. The zero-order valence-electron chi connectivity index (χ0n) is 10.5. The maximum Gasteiger partial charge on any atom is 0.460 e. The lowest BCUT2D eigenvalue weighted by Gasteiger charge is -2.39. The van der Waals surface area contributed by atoms with E-state index in [-0.39, 0.29) is 6.92 Å². The van der Waals surface area contributed by atoms with Crippen LogP contribution in [-0.2, 0) is 4.79 Å². The largest absolute Gasteiger partial charge is 0.460 e. The Balaban J connectivity index is 6.19. The first kappa shape index (κ1) is 21.8. The van der Waals surface area contributed by atoms with Crippen molar-refractivity contribution >= 4 is 5.78 Å².